The molecule has 3 rings (SSSR count). The minimum absolute atomic E-state index is 0.132. The third kappa shape index (κ3) is 7.40. The number of hydrazone groups is 1. The van der Waals surface area contributed by atoms with Crippen molar-refractivity contribution < 1.29 is 5.11 Å². The van der Waals surface area contributed by atoms with E-state index >= 15 is 0 Å². The van der Waals surface area contributed by atoms with Crippen molar-refractivity contribution in [1.82, 2.24) is 29.3 Å². The predicted molar refractivity (Wildman–Crippen MR) is 133 cm³/mol. The number of rotatable bonds is 9. The van der Waals surface area contributed by atoms with Gasteiger partial charge in [0, 0.05) is 25.7 Å². The summed E-state index contributed by atoms with van der Waals surface area (Å²) in [6, 6.07) is 2.13. The highest BCUT2D eigenvalue weighted by atomic mass is 32.2. The average molecular weight is 478 g/mol. The number of aromatic nitrogens is 4. The van der Waals surface area contributed by atoms with Crippen LogP contribution in [0.1, 0.15) is 38.8 Å². The molecule has 1 saturated heterocycles. The number of aliphatic hydroxyl groups is 1. The number of hydrogen-bond acceptors (Lipinski definition) is 9. The summed E-state index contributed by atoms with van der Waals surface area (Å²) in [4.78, 5) is 16.5. The maximum Gasteiger partial charge on any atom is 0.224 e. The second-order valence-electron chi connectivity index (χ2n) is 8.27. The Kier molecular flexibility index (Phi) is 8.40. The van der Waals surface area contributed by atoms with Crippen molar-refractivity contribution in [1.29, 1.82) is 0 Å². The molecule has 0 saturated carbocycles. The van der Waals surface area contributed by atoms with Crippen LogP contribution in [-0.2, 0) is 0 Å². The van der Waals surface area contributed by atoms with E-state index in [0.717, 1.165) is 31.6 Å². The monoisotopic (exact) mass is 477 g/mol. The fourth-order valence-corrected chi connectivity index (χ4v) is 3.94. The van der Waals surface area contributed by atoms with E-state index in [4.69, 9.17) is 18.0 Å². The molecule has 32 heavy (non-hydrogen) atoms. The summed E-state index contributed by atoms with van der Waals surface area (Å²) in [5.41, 5.74) is 7.07. The minimum atomic E-state index is -0.843. The Bertz CT molecular complexity index is 906. The third-order valence-electron chi connectivity index (χ3n) is 5.08. The van der Waals surface area contributed by atoms with Crippen molar-refractivity contribution in [3.63, 3.8) is 0 Å². The summed E-state index contributed by atoms with van der Waals surface area (Å²) in [6.45, 7) is 5.91. The molecule has 0 amide bonds. The van der Waals surface area contributed by atoms with Gasteiger partial charge in [-0.1, -0.05) is 11.9 Å². The molecule has 12 heteroatoms. The highest BCUT2D eigenvalue weighted by Crippen LogP contribution is 2.21. The van der Waals surface area contributed by atoms with Crippen LogP contribution in [0.2, 0.25) is 0 Å². The third-order valence-corrected chi connectivity index (χ3v) is 6.18. The molecule has 10 nitrogen and oxygen atoms in total. The molecule has 174 valence electrons. The van der Waals surface area contributed by atoms with E-state index in [1.165, 1.54) is 5.01 Å². The summed E-state index contributed by atoms with van der Waals surface area (Å²) >= 11 is 6.89. The summed E-state index contributed by atoms with van der Waals surface area (Å²) in [7, 11) is 0. The van der Waals surface area contributed by atoms with E-state index in [9.17, 15) is 5.11 Å². The van der Waals surface area contributed by atoms with Crippen LogP contribution in [0, 0.1) is 0 Å². The number of H-pyrrole nitrogens is 1. The van der Waals surface area contributed by atoms with Gasteiger partial charge < -0.3 is 21.1 Å². The Balaban J connectivity index is 1.79. The zero-order valence-electron chi connectivity index (χ0n) is 18.7. The summed E-state index contributed by atoms with van der Waals surface area (Å²) < 4.78 is 2.36. The molecule has 0 aromatic carbocycles. The lowest BCUT2D eigenvalue weighted by atomic mass is 10.1. The SMILES string of the molecule is CSN1CCC(Nc2nc(/C=N/N(CCC(C)(C)O)C(N)=S)cc(-c3cnc[nH]3)n2)CC1. The Morgan fingerprint density at radius 3 is 2.81 bits per heavy atom. The highest BCUT2D eigenvalue weighted by molar-refractivity contribution is 7.96. The molecule has 1 aliphatic heterocycles. The number of nitrogens with one attached hydrogen (secondary N) is 2. The van der Waals surface area contributed by atoms with Crippen molar-refractivity contribution in [2.75, 3.05) is 31.2 Å². The number of thiocarbonyl (C=S) groups is 1. The number of aromatic amines is 1. The molecule has 0 spiro atoms. The van der Waals surface area contributed by atoms with Crippen LogP contribution in [0.25, 0.3) is 11.4 Å². The first-order chi connectivity index (χ1) is 15.2. The second-order valence-corrected chi connectivity index (χ2v) is 9.57. The van der Waals surface area contributed by atoms with Crippen LogP contribution in [0.5, 0.6) is 0 Å². The van der Waals surface area contributed by atoms with Gasteiger partial charge in [0.15, 0.2) is 5.11 Å². The number of nitrogens with two attached hydrogens (primary N) is 1. The van der Waals surface area contributed by atoms with Crippen molar-refractivity contribution in [3.8, 4) is 11.4 Å². The molecule has 0 radical (unpaired) electrons. The van der Waals surface area contributed by atoms with E-state index in [2.05, 4.69) is 40.9 Å². The number of nitrogens with zero attached hydrogens (tertiary/aromatic N) is 6. The Morgan fingerprint density at radius 2 is 2.22 bits per heavy atom. The van der Waals surface area contributed by atoms with Gasteiger partial charge in [-0.2, -0.15) is 5.10 Å². The lowest BCUT2D eigenvalue weighted by molar-refractivity contribution is 0.0649. The standard InChI is InChI=1S/C20H31N9OS2/c1-20(2,30)6-9-29(18(21)31)24-11-15-10-16(17-12-22-13-23-17)27-19(26-15)25-14-4-7-28(32-3)8-5-14/h10-14,30H,4-9H2,1-3H3,(H2,21,31)(H,22,23)(H,25,26,27)/b24-11+. The van der Waals surface area contributed by atoms with Crippen molar-refractivity contribution >= 4 is 41.4 Å². The van der Waals surface area contributed by atoms with Crippen LogP contribution >= 0.6 is 24.2 Å². The van der Waals surface area contributed by atoms with Gasteiger partial charge in [0.2, 0.25) is 5.95 Å². The maximum absolute atomic E-state index is 9.99. The Labute approximate surface area is 198 Å². The molecule has 1 aliphatic rings. The van der Waals surface area contributed by atoms with Gasteiger partial charge in [-0.3, -0.25) is 4.31 Å². The van der Waals surface area contributed by atoms with E-state index in [-0.39, 0.29) is 5.11 Å². The van der Waals surface area contributed by atoms with Crippen molar-refractivity contribution in [3.05, 3.63) is 24.3 Å². The molecule has 0 atom stereocenters. The lowest BCUT2D eigenvalue weighted by Gasteiger charge is -2.30. The zero-order valence-corrected chi connectivity index (χ0v) is 20.3. The number of anilines is 1. The number of hydrogen-bond donors (Lipinski definition) is 4. The quantitative estimate of drug-likeness (QED) is 0.184. The molecule has 5 N–H and O–H groups in total. The van der Waals surface area contributed by atoms with Crippen LogP contribution in [0.3, 0.4) is 0 Å². The van der Waals surface area contributed by atoms with Gasteiger partial charge in [0.05, 0.1) is 41.4 Å². The van der Waals surface area contributed by atoms with E-state index in [1.807, 2.05) is 6.07 Å². The fourth-order valence-electron chi connectivity index (χ4n) is 3.23. The molecule has 3 heterocycles. The smallest absolute Gasteiger partial charge is 0.224 e. The second kappa shape index (κ2) is 11.0. The fraction of sp³-hybridized carbons (Fsp3) is 0.550. The highest BCUT2D eigenvalue weighted by Gasteiger charge is 2.20. The largest absolute Gasteiger partial charge is 0.390 e. The van der Waals surface area contributed by atoms with Crippen LogP contribution in [-0.4, -0.2) is 83.2 Å². The molecule has 1 fully saturated rings. The first-order valence-electron chi connectivity index (χ1n) is 10.5. The van der Waals surface area contributed by atoms with Gasteiger partial charge in [-0.15, -0.1) is 0 Å². The van der Waals surface area contributed by atoms with E-state index in [1.54, 1.807) is 44.5 Å². The number of piperidine rings is 1. The predicted octanol–water partition coefficient (Wildman–Crippen LogP) is 2.06. The molecule has 2 aromatic heterocycles. The topological polar surface area (TPSA) is 132 Å². The first-order valence-corrected chi connectivity index (χ1v) is 12.1. The molecule has 0 aliphatic carbocycles. The lowest BCUT2D eigenvalue weighted by Crippen LogP contribution is -2.36. The van der Waals surface area contributed by atoms with Gasteiger partial charge in [0.25, 0.3) is 0 Å². The Hall–Kier alpha value is -2.28. The summed E-state index contributed by atoms with van der Waals surface area (Å²) in [5, 5.41) is 19.5. The minimum Gasteiger partial charge on any atom is -0.390 e. The van der Waals surface area contributed by atoms with Gasteiger partial charge in [-0.25, -0.2) is 20.0 Å². The van der Waals surface area contributed by atoms with Crippen molar-refractivity contribution in [2.45, 2.75) is 44.8 Å². The van der Waals surface area contributed by atoms with Crippen LogP contribution in [0.4, 0.5) is 5.95 Å². The number of imidazole rings is 1. The average Bonchev–Trinajstić information content (AvgIpc) is 3.28. The van der Waals surface area contributed by atoms with Gasteiger partial charge in [0.1, 0.15) is 0 Å². The molecular formula is C20H31N9OS2. The van der Waals surface area contributed by atoms with E-state index in [0.29, 0.717) is 36.3 Å². The van der Waals surface area contributed by atoms with Gasteiger partial charge >= 0.3 is 0 Å². The molecule has 2 aromatic rings. The first kappa shape index (κ1) is 24.4. The maximum atomic E-state index is 9.99. The van der Waals surface area contributed by atoms with Gasteiger partial charge in [-0.05, 0) is 57.6 Å². The molecule has 0 unspecified atom stereocenters. The summed E-state index contributed by atoms with van der Waals surface area (Å²) in [6.07, 6.45) is 9.55. The Morgan fingerprint density at radius 1 is 1.47 bits per heavy atom. The normalized spacial score (nSPS) is 15.9. The van der Waals surface area contributed by atoms with Crippen LogP contribution < -0.4 is 11.1 Å². The summed E-state index contributed by atoms with van der Waals surface area (Å²) in [5.74, 6) is 0.541. The van der Waals surface area contributed by atoms with E-state index < -0.39 is 5.60 Å². The van der Waals surface area contributed by atoms with Crippen molar-refractivity contribution in [2.24, 2.45) is 10.8 Å². The van der Waals surface area contributed by atoms with Crippen LogP contribution in [0.15, 0.2) is 23.7 Å². The zero-order chi connectivity index (χ0) is 23.1. The molecule has 0 bridgehead atoms. The molecular weight excluding hydrogens is 446 g/mol.